The summed E-state index contributed by atoms with van der Waals surface area (Å²) in [5.74, 6) is 0.112. The van der Waals surface area contributed by atoms with Gasteiger partial charge in [0.25, 0.3) is 0 Å². The Kier molecular flexibility index (Phi) is 3.94. The molecule has 2 aromatic carbocycles. The minimum Gasteiger partial charge on any atom is -0.358 e. The summed E-state index contributed by atoms with van der Waals surface area (Å²) in [4.78, 5) is 3.40. The van der Waals surface area contributed by atoms with Gasteiger partial charge in [-0.15, -0.1) is 0 Å². The molecule has 0 amide bonds. The largest absolute Gasteiger partial charge is 0.358 e. The smallest absolute Gasteiger partial charge is 0.128 e. The summed E-state index contributed by atoms with van der Waals surface area (Å²) in [6, 6.07) is 11.0. The van der Waals surface area contributed by atoms with Gasteiger partial charge >= 0.3 is 0 Å². The Labute approximate surface area is 134 Å². The molecule has 0 aliphatic heterocycles. The predicted octanol–water partition coefficient (Wildman–Crippen LogP) is 5.21. The first-order chi connectivity index (χ1) is 10.5. The van der Waals surface area contributed by atoms with Crippen molar-refractivity contribution in [1.82, 2.24) is 4.98 Å². The van der Waals surface area contributed by atoms with E-state index in [1.165, 1.54) is 6.07 Å². The van der Waals surface area contributed by atoms with Crippen LogP contribution < -0.4 is 5.73 Å². The maximum atomic E-state index is 14.0. The summed E-state index contributed by atoms with van der Waals surface area (Å²) in [7, 11) is 0. The number of aromatic nitrogens is 1. The monoisotopic (exact) mass is 316 g/mol. The topological polar surface area (TPSA) is 41.8 Å². The van der Waals surface area contributed by atoms with Crippen molar-refractivity contribution in [3.05, 3.63) is 58.5 Å². The van der Waals surface area contributed by atoms with Crippen LogP contribution in [0.3, 0.4) is 0 Å². The molecular weight excluding hydrogens is 299 g/mol. The fourth-order valence-electron chi connectivity index (χ4n) is 2.59. The molecule has 3 rings (SSSR count). The molecule has 114 valence electrons. The quantitative estimate of drug-likeness (QED) is 0.684. The summed E-state index contributed by atoms with van der Waals surface area (Å²) in [6.07, 6.45) is 0. The van der Waals surface area contributed by atoms with E-state index >= 15 is 0 Å². The highest BCUT2D eigenvalue weighted by Gasteiger charge is 2.11. The standard InChI is InChI=1S/C18H18ClFN2/c1-10(2)17-7-13-5-15(19)14(8-18(13)22-17)11-3-4-12(9-21)16(20)6-11/h3-8,10,22H,9,21H2,1-2H3. The highest BCUT2D eigenvalue weighted by atomic mass is 35.5. The number of fused-ring (bicyclic) bond motifs is 1. The summed E-state index contributed by atoms with van der Waals surface area (Å²) in [5, 5.41) is 1.68. The number of nitrogens with one attached hydrogen (secondary N) is 1. The van der Waals surface area contributed by atoms with Crippen LogP contribution in [0.5, 0.6) is 0 Å². The SMILES string of the molecule is CC(C)c1cc2cc(Cl)c(-c3ccc(CN)c(F)c3)cc2[nH]1. The molecule has 0 aliphatic rings. The van der Waals surface area contributed by atoms with Gasteiger partial charge in [-0.25, -0.2) is 4.39 Å². The van der Waals surface area contributed by atoms with Gasteiger partial charge in [0, 0.05) is 39.3 Å². The lowest BCUT2D eigenvalue weighted by atomic mass is 10.0. The molecular formula is C18H18ClFN2. The zero-order valence-electron chi connectivity index (χ0n) is 12.6. The van der Waals surface area contributed by atoms with E-state index in [2.05, 4.69) is 24.9 Å². The molecule has 22 heavy (non-hydrogen) atoms. The Bertz CT molecular complexity index is 836. The zero-order valence-corrected chi connectivity index (χ0v) is 13.3. The molecule has 4 heteroatoms. The maximum Gasteiger partial charge on any atom is 0.128 e. The fraction of sp³-hybridized carbons (Fsp3) is 0.222. The van der Waals surface area contributed by atoms with Crippen LogP contribution in [0.4, 0.5) is 4.39 Å². The van der Waals surface area contributed by atoms with Gasteiger partial charge in [-0.3, -0.25) is 0 Å². The second kappa shape index (κ2) is 5.75. The Morgan fingerprint density at radius 3 is 2.59 bits per heavy atom. The van der Waals surface area contributed by atoms with E-state index in [1.54, 1.807) is 6.07 Å². The summed E-state index contributed by atoms with van der Waals surface area (Å²) < 4.78 is 14.0. The molecule has 1 heterocycles. The molecule has 3 N–H and O–H groups in total. The maximum absolute atomic E-state index is 14.0. The molecule has 0 unspecified atom stereocenters. The van der Waals surface area contributed by atoms with Gasteiger partial charge in [0.05, 0.1) is 0 Å². The summed E-state index contributed by atoms with van der Waals surface area (Å²) in [6.45, 7) is 4.45. The van der Waals surface area contributed by atoms with Crippen molar-refractivity contribution in [2.75, 3.05) is 0 Å². The third-order valence-corrected chi connectivity index (χ3v) is 4.25. The normalized spacial score (nSPS) is 11.5. The fourth-order valence-corrected chi connectivity index (χ4v) is 2.87. The number of halogens is 2. The highest BCUT2D eigenvalue weighted by molar-refractivity contribution is 6.34. The Hall–Kier alpha value is -1.84. The second-order valence-corrected chi connectivity index (χ2v) is 6.22. The van der Waals surface area contributed by atoms with Gasteiger partial charge in [0.2, 0.25) is 0 Å². The van der Waals surface area contributed by atoms with Crippen molar-refractivity contribution in [2.24, 2.45) is 5.73 Å². The van der Waals surface area contributed by atoms with Gasteiger partial charge in [0.15, 0.2) is 0 Å². The molecule has 0 aliphatic carbocycles. The molecule has 0 bridgehead atoms. The Balaban J connectivity index is 2.14. The van der Waals surface area contributed by atoms with E-state index < -0.39 is 0 Å². The van der Waals surface area contributed by atoms with E-state index in [0.717, 1.165) is 27.7 Å². The van der Waals surface area contributed by atoms with Gasteiger partial charge < -0.3 is 10.7 Å². The van der Waals surface area contributed by atoms with E-state index in [-0.39, 0.29) is 12.4 Å². The average Bonchev–Trinajstić information content (AvgIpc) is 2.89. The van der Waals surface area contributed by atoms with E-state index in [9.17, 15) is 4.39 Å². The van der Waals surface area contributed by atoms with Crippen LogP contribution in [0.1, 0.15) is 31.0 Å². The van der Waals surface area contributed by atoms with E-state index in [4.69, 9.17) is 17.3 Å². The first-order valence-corrected chi connectivity index (χ1v) is 7.68. The first-order valence-electron chi connectivity index (χ1n) is 7.30. The molecule has 0 radical (unpaired) electrons. The van der Waals surface area contributed by atoms with Crippen molar-refractivity contribution in [3.8, 4) is 11.1 Å². The highest BCUT2D eigenvalue weighted by Crippen LogP contribution is 2.34. The Morgan fingerprint density at radius 1 is 1.18 bits per heavy atom. The van der Waals surface area contributed by atoms with Crippen molar-refractivity contribution in [2.45, 2.75) is 26.3 Å². The Morgan fingerprint density at radius 2 is 1.95 bits per heavy atom. The average molecular weight is 317 g/mol. The number of H-pyrrole nitrogens is 1. The van der Waals surface area contributed by atoms with Crippen LogP contribution >= 0.6 is 11.6 Å². The van der Waals surface area contributed by atoms with Gasteiger partial charge in [0.1, 0.15) is 5.82 Å². The van der Waals surface area contributed by atoms with Crippen molar-refractivity contribution in [1.29, 1.82) is 0 Å². The van der Waals surface area contributed by atoms with Crippen LogP contribution in [-0.2, 0) is 6.54 Å². The lowest BCUT2D eigenvalue weighted by Gasteiger charge is -2.07. The van der Waals surface area contributed by atoms with Crippen LogP contribution in [0.2, 0.25) is 5.02 Å². The van der Waals surface area contributed by atoms with Crippen LogP contribution in [0.15, 0.2) is 36.4 Å². The van der Waals surface area contributed by atoms with Gasteiger partial charge in [-0.05, 0) is 35.7 Å². The molecule has 0 saturated carbocycles. The van der Waals surface area contributed by atoms with Gasteiger partial charge in [-0.1, -0.05) is 37.6 Å². The van der Waals surface area contributed by atoms with E-state index in [0.29, 0.717) is 16.5 Å². The molecule has 0 saturated heterocycles. The predicted molar refractivity (Wildman–Crippen MR) is 90.7 cm³/mol. The third kappa shape index (κ3) is 2.62. The van der Waals surface area contributed by atoms with Gasteiger partial charge in [-0.2, -0.15) is 0 Å². The lowest BCUT2D eigenvalue weighted by molar-refractivity contribution is 0.611. The minimum absolute atomic E-state index is 0.188. The number of benzene rings is 2. The summed E-state index contributed by atoms with van der Waals surface area (Å²) in [5.41, 5.74) is 9.74. The number of aromatic amines is 1. The van der Waals surface area contributed by atoms with E-state index in [1.807, 2.05) is 18.2 Å². The number of rotatable bonds is 3. The van der Waals surface area contributed by atoms with Crippen LogP contribution in [0.25, 0.3) is 22.0 Å². The molecule has 3 aromatic rings. The van der Waals surface area contributed by atoms with Crippen LogP contribution in [-0.4, -0.2) is 4.98 Å². The van der Waals surface area contributed by atoms with Crippen molar-refractivity contribution < 1.29 is 4.39 Å². The number of hydrogen-bond donors (Lipinski definition) is 2. The minimum atomic E-state index is -0.300. The summed E-state index contributed by atoms with van der Waals surface area (Å²) >= 11 is 6.39. The molecule has 0 spiro atoms. The van der Waals surface area contributed by atoms with Crippen molar-refractivity contribution >= 4 is 22.5 Å². The number of hydrogen-bond acceptors (Lipinski definition) is 1. The first kappa shape index (κ1) is 15.1. The lowest BCUT2D eigenvalue weighted by Crippen LogP contribution is -1.99. The molecule has 0 fully saturated rings. The third-order valence-electron chi connectivity index (χ3n) is 3.94. The number of nitrogens with two attached hydrogens (primary N) is 1. The second-order valence-electron chi connectivity index (χ2n) is 5.81. The van der Waals surface area contributed by atoms with Crippen molar-refractivity contribution in [3.63, 3.8) is 0 Å². The zero-order chi connectivity index (χ0) is 15.9. The molecule has 1 aromatic heterocycles. The van der Waals surface area contributed by atoms with Crippen LogP contribution in [0, 0.1) is 5.82 Å². The molecule has 0 atom stereocenters. The molecule has 2 nitrogen and oxygen atoms in total.